The highest BCUT2D eigenvalue weighted by molar-refractivity contribution is 7.92. The fraction of sp³-hybridized carbons (Fsp3) is 0.176. The molecule has 0 aliphatic rings. The number of fused-ring (bicyclic) bond motifs is 2. The highest BCUT2D eigenvalue weighted by atomic mass is 35.5. The van der Waals surface area contributed by atoms with Crippen molar-refractivity contribution in [3.63, 3.8) is 0 Å². The molecule has 3 N–H and O–H groups in total. The van der Waals surface area contributed by atoms with Gasteiger partial charge in [0.2, 0.25) is 10.0 Å². The molecular weight excluding hydrogens is 664 g/mol. The minimum absolute atomic E-state index is 0. The van der Waals surface area contributed by atoms with Crippen molar-refractivity contribution in [3.05, 3.63) is 119 Å². The summed E-state index contributed by atoms with van der Waals surface area (Å²) in [5.74, 6) is 0.276. The zero-order valence-corrected chi connectivity index (χ0v) is 28.3. The van der Waals surface area contributed by atoms with Crippen LogP contribution in [0.5, 0.6) is 17.2 Å². The molecule has 6 rings (SSSR count). The molecule has 0 bridgehead atoms. The van der Waals surface area contributed by atoms with Gasteiger partial charge in [0.05, 0.1) is 18.0 Å². The molecule has 0 spiro atoms. The molecule has 8 nitrogen and oxygen atoms in total. The number of nitrogens with one attached hydrogen (secondary N) is 2. The van der Waals surface area contributed by atoms with Gasteiger partial charge in [0.1, 0.15) is 23.9 Å². The highest BCUT2D eigenvalue weighted by Crippen LogP contribution is 2.38. The molecule has 6 aromatic rings. The third-order valence-electron chi connectivity index (χ3n) is 7.04. The first-order chi connectivity index (χ1) is 21.7. The summed E-state index contributed by atoms with van der Waals surface area (Å²) in [5.41, 5.74) is 1.65. The lowest BCUT2D eigenvalue weighted by atomic mass is 10.1. The van der Waals surface area contributed by atoms with Crippen LogP contribution in [0.1, 0.15) is 24.2 Å². The van der Waals surface area contributed by atoms with Gasteiger partial charge in [0, 0.05) is 44.4 Å². The number of sulfonamides is 1. The topological polar surface area (TPSA) is 106 Å². The molecular formula is C34H33ClN2O6S3. The van der Waals surface area contributed by atoms with Crippen LogP contribution in [0.2, 0.25) is 0 Å². The maximum absolute atomic E-state index is 12.2. The number of aliphatic hydroxyl groups is 1. The first kappa shape index (κ1) is 33.5. The van der Waals surface area contributed by atoms with Crippen molar-refractivity contribution in [1.82, 2.24) is 5.32 Å². The number of hydrogen-bond acceptors (Lipinski definition) is 9. The van der Waals surface area contributed by atoms with Crippen molar-refractivity contribution >= 4 is 71.0 Å². The number of rotatable bonds is 13. The number of thiophene rings is 2. The maximum Gasteiger partial charge on any atom is 0.310 e. The molecule has 0 saturated heterocycles. The van der Waals surface area contributed by atoms with Crippen molar-refractivity contribution in [2.24, 2.45) is 0 Å². The molecule has 0 radical (unpaired) electrons. The molecule has 0 aliphatic carbocycles. The average molecular weight is 697 g/mol. The van der Waals surface area contributed by atoms with Crippen LogP contribution < -0.4 is 24.2 Å². The minimum atomic E-state index is -3.62. The van der Waals surface area contributed by atoms with E-state index in [1.807, 2.05) is 89.6 Å². The molecule has 0 saturated carbocycles. The molecule has 0 aliphatic heterocycles. The second kappa shape index (κ2) is 14.3. The molecule has 46 heavy (non-hydrogen) atoms. The summed E-state index contributed by atoms with van der Waals surface area (Å²) in [7, 11) is -3.62. The summed E-state index contributed by atoms with van der Waals surface area (Å²) in [6.45, 7) is 2.06. The standard InChI is InChI=1S/C34H32N2O6S3.ClH/c1-34(41-30-21-43-32-14-8-6-12-25(30)32,42-31-22-44-33-15-9-7-13-26(31)33)35-19-28(37)24-16-17-29(27(18-24)36-45(2,38)39)40-20-23-10-4-3-5-11-23;/h3-18,21-22,28,35-37H,19-20H2,1-2H3;1H. The smallest absolute Gasteiger partial charge is 0.310 e. The van der Waals surface area contributed by atoms with Crippen molar-refractivity contribution < 1.29 is 27.7 Å². The van der Waals surface area contributed by atoms with Crippen molar-refractivity contribution in [2.45, 2.75) is 25.5 Å². The van der Waals surface area contributed by atoms with Crippen molar-refractivity contribution in [2.75, 3.05) is 17.5 Å². The first-order valence-corrected chi connectivity index (χ1v) is 17.8. The van der Waals surface area contributed by atoms with Crippen LogP contribution in [0.3, 0.4) is 0 Å². The first-order valence-electron chi connectivity index (χ1n) is 14.2. The van der Waals surface area contributed by atoms with Crippen molar-refractivity contribution in [1.29, 1.82) is 0 Å². The van der Waals surface area contributed by atoms with Gasteiger partial charge in [-0.05, 0) is 47.5 Å². The van der Waals surface area contributed by atoms with E-state index in [2.05, 4.69) is 10.0 Å². The van der Waals surface area contributed by atoms with Gasteiger partial charge in [0.15, 0.2) is 0 Å². The lowest BCUT2D eigenvalue weighted by Gasteiger charge is -2.32. The molecule has 0 fully saturated rings. The zero-order chi connectivity index (χ0) is 31.4. The Morgan fingerprint density at radius 3 is 1.96 bits per heavy atom. The van der Waals surface area contributed by atoms with Crippen LogP contribution in [0.4, 0.5) is 5.69 Å². The Bertz CT molecular complexity index is 1960. The van der Waals surface area contributed by atoms with Gasteiger partial charge >= 0.3 is 5.91 Å². The Kier molecular flexibility index (Phi) is 10.4. The Morgan fingerprint density at radius 2 is 1.37 bits per heavy atom. The summed E-state index contributed by atoms with van der Waals surface area (Å²) < 4.78 is 48.0. The fourth-order valence-corrected chi connectivity index (χ4v) is 7.16. The van der Waals surface area contributed by atoms with E-state index in [0.29, 0.717) is 22.8 Å². The van der Waals surface area contributed by atoms with E-state index < -0.39 is 22.0 Å². The van der Waals surface area contributed by atoms with E-state index in [-0.39, 0.29) is 31.2 Å². The number of hydrogen-bond donors (Lipinski definition) is 3. The third-order valence-corrected chi connectivity index (χ3v) is 9.51. The summed E-state index contributed by atoms with van der Waals surface area (Å²) in [4.78, 5) is 0. The molecule has 12 heteroatoms. The van der Waals surface area contributed by atoms with Crippen LogP contribution in [0.15, 0.2) is 108 Å². The fourth-order valence-electron chi connectivity index (χ4n) is 4.87. The van der Waals surface area contributed by atoms with Crippen LogP contribution in [0.25, 0.3) is 20.2 Å². The van der Waals surface area contributed by atoms with Gasteiger partial charge in [0.25, 0.3) is 0 Å². The van der Waals surface area contributed by atoms with E-state index >= 15 is 0 Å². The molecule has 2 aromatic heterocycles. The van der Waals surface area contributed by atoms with E-state index in [9.17, 15) is 13.5 Å². The Balaban J connectivity index is 0.00000417. The minimum Gasteiger partial charge on any atom is -0.487 e. The number of ether oxygens (including phenoxy) is 3. The second-order valence-electron chi connectivity index (χ2n) is 10.6. The number of aliphatic hydroxyl groups excluding tert-OH is 1. The Labute approximate surface area is 282 Å². The van der Waals surface area contributed by atoms with Gasteiger partial charge in [-0.25, -0.2) is 13.7 Å². The van der Waals surface area contributed by atoms with Crippen LogP contribution in [-0.2, 0) is 16.6 Å². The molecule has 1 atom stereocenters. The lowest BCUT2D eigenvalue weighted by Crippen LogP contribution is -2.53. The van der Waals surface area contributed by atoms with Gasteiger partial charge in [-0.1, -0.05) is 60.7 Å². The molecule has 4 aromatic carbocycles. The highest BCUT2D eigenvalue weighted by Gasteiger charge is 2.32. The second-order valence-corrected chi connectivity index (χ2v) is 14.2. The van der Waals surface area contributed by atoms with Crippen LogP contribution in [-0.4, -0.2) is 32.2 Å². The zero-order valence-electron chi connectivity index (χ0n) is 25.0. The van der Waals surface area contributed by atoms with Crippen LogP contribution in [0, 0.1) is 0 Å². The number of anilines is 1. The van der Waals surface area contributed by atoms with E-state index in [0.717, 1.165) is 32.0 Å². The third kappa shape index (κ3) is 8.11. The average Bonchev–Trinajstić information content (AvgIpc) is 3.63. The van der Waals surface area contributed by atoms with E-state index in [1.165, 1.54) is 0 Å². The van der Waals surface area contributed by atoms with Gasteiger partial charge in [-0.2, -0.15) is 0 Å². The maximum atomic E-state index is 12.2. The summed E-state index contributed by atoms with van der Waals surface area (Å²) in [6.07, 6.45) is 0.0272. The number of halogens is 1. The molecule has 1 unspecified atom stereocenters. The van der Waals surface area contributed by atoms with Gasteiger partial charge < -0.3 is 19.3 Å². The van der Waals surface area contributed by atoms with Gasteiger partial charge in [-0.15, -0.1) is 35.1 Å². The monoisotopic (exact) mass is 696 g/mol. The predicted molar refractivity (Wildman–Crippen MR) is 189 cm³/mol. The Hall–Kier alpha value is -3.84. The molecule has 240 valence electrons. The summed E-state index contributed by atoms with van der Waals surface area (Å²) in [5, 5.41) is 20.4. The lowest BCUT2D eigenvalue weighted by molar-refractivity contribution is -0.127. The normalized spacial score (nSPS) is 12.4. The number of benzene rings is 4. The summed E-state index contributed by atoms with van der Waals surface area (Å²) in [6, 6.07) is 30.4. The largest absolute Gasteiger partial charge is 0.487 e. The SMILES string of the molecule is CC(NCC(O)c1ccc(OCc2ccccc2)c(NS(C)(=O)=O)c1)(Oc1csc2ccccc12)Oc1csc2ccccc12.Cl. The van der Waals surface area contributed by atoms with E-state index in [1.54, 1.807) is 47.8 Å². The van der Waals surface area contributed by atoms with Crippen molar-refractivity contribution in [3.8, 4) is 17.2 Å². The Morgan fingerprint density at radius 1 is 0.804 bits per heavy atom. The van der Waals surface area contributed by atoms with Crippen LogP contribution >= 0.6 is 35.1 Å². The molecule has 0 amide bonds. The summed E-state index contributed by atoms with van der Waals surface area (Å²) >= 11 is 3.15. The van der Waals surface area contributed by atoms with E-state index in [4.69, 9.17) is 14.2 Å². The quantitative estimate of drug-likeness (QED) is 0.105. The molecule has 2 heterocycles. The van der Waals surface area contributed by atoms with Gasteiger partial charge in [-0.3, -0.25) is 4.72 Å². The predicted octanol–water partition coefficient (Wildman–Crippen LogP) is 7.94.